The number of amides is 3. The number of hydrogen-bond acceptors (Lipinski definition) is 25. The largest absolute Gasteiger partial charge is 0.395 e. The van der Waals surface area contributed by atoms with E-state index in [2.05, 4.69) is 64.5 Å². The van der Waals surface area contributed by atoms with Crippen LogP contribution in [0, 0.1) is 0 Å². The summed E-state index contributed by atoms with van der Waals surface area (Å²) in [4.78, 5) is 87.5. The fourth-order valence-electron chi connectivity index (χ4n) is 19.2. The third kappa shape index (κ3) is 30.3. The van der Waals surface area contributed by atoms with Crippen molar-refractivity contribution in [1.82, 2.24) is 54.7 Å². The number of halogens is 8. The minimum absolute atomic E-state index is 0.0352. The van der Waals surface area contributed by atoms with Gasteiger partial charge in [-0.3, -0.25) is 58.7 Å². The van der Waals surface area contributed by atoms with Crippen LogP contribution in [-0.4, -0.2) is 264 Å². The van der Waals surface area contributed by atoms with Crippen LogP contribution in [-0.2, 0) is 48.8 Å². The molecule has 8 heterocycles. The lowest BCUT2D eigenvalue weighted by atomic mass is 9.94. The van der Waals surface area contributed by atoms with Gasteiger partial charge in [0.1, 0.15) is 22.4 Å². The van der Waals surface area contributed by atoms with Gasteiger partial charge < -0.3 is 80.7 Å². The van der Waals surface area contributed by atoms with Crippen LogP contribution in [0.3, 0.4) is 0 Å². The van der Waals surface area contributed by atoms with Crippen molar-refractivity contribution in [3.05, 3.63) is 373 Å². The van der Waals surface area contributed by atoms with Crippen LogP contribution in [0.5, 0.6) is 0 Å². The summed E-state index contributed by atoms with van der Waals surface area (Å²) in [6.45, 7) is 20.8. The molecule has 4 saturated heterocycles. The first-order chi connectivity index (χ1) is 71.6. The third-order valence-electron chi connectivity index (χ3n) is 27.6. The predicted octanol–water partition coefficient (Wildman–Crippen LogP) is 18.1. The fourth-order valence-corrected chi connectivity index (χ4v) is 20.9. The van der Waals surface area contributed by atoms with E-state index in [1.54, 1.807) is 134 Å². The zero-order valence-corrected chi connectivity index (χ0v) is 91.6. The Kier molecular flexibility index (Phi) is 41.4. The molecule has 28 nitrogen and oxygen atoms in total. The van der Waals surface area contributed by atoms with E-state index in [4.69, 9.17) is 97.9 Å². The molecule has 0 radical (unpaired) electrons. The van der Waals surface area contributed by atoms with E-state index >= 15 is 0 Å². The smallest absolute Gasteiger partial charge is 0.253 e. The summed E-state index contributed by atoms with van der Waals surface area (Å²) >= 11 is 51.6. The standard InChI is InChI=1S/C29H34Cl2N4O4.C29H34Cl2N4O3.C28H32Cl2N4O3.C28H31Cl2N3O3/c1-29(39,22-6-9-24(18-37)32-16-22)19-34-11-12-35(27(17-34)20-3-7-23(30)8-4-20)26-10-5-21(15-25(26)31)28(38)33(2)13-14-36;1-3-12-32-28(37)21-6-11-26(25(31)15-21)35-14-13-34(17-27(35)20-4-8-23(30)9-5-20)19-29(2,38)22-7-10-24(18-36)33-16-22;1-28(37,21-7-10-23(17-35)31-15-21)18-33-12-13-34(26(16-33)19-4-8-22(29)9-5-19)25-11-6-20(14-24(25)30)27(36)32(2)3;1-3-27(35)20-6-11-25(24(30)14-20)33-13-12-32(16-26(33)19-4-8-22(29)9-5-19)18-28(2,36)21-7-10-23(17-34)31-15-21/h3-10,15-16,27,36-37,39H,11-14,17-19H2,1-2H3;4-11,15-16,27,36,38H,3,12-14,17-19H2,1-2H3,(H,32,37);4-11,14-15,26,35,37H,12-13,16-18H2,1-3H3;4-11,14-15,26,34,36H,3,12-13,16-18H2,1-2H3/t2*27-,29+;2*26-,28+/m0000/s1. The van der Waals surface area contributed by atoms with E-state index < -0.39 is 22.4 Å². The Morgan fingerprint density at radius 3 is 0.847 bits per heavy atom. The summed E-state index contributed by atoms with van der Waals surface area (Å²) in [5.41, 5.74) is 10.3. The molecule has 0 aliphatic carbocycles. The number of Topliss-reactive ketones (excluding diaryl/α,β-unsaturated/α-hetero) is 1. The van der Waals surface area contributed by atoms with Gasteiger partial charge in [-0.2, -0.15) is 0 Å². The Morgan fingerprint density at radius 1 is 0.347 bits per heavy atom. The Balaban J connectivity index is 0.000000167. The summed E-state index contributed by atoms with van der Waals surface area (Å²) in [6.07, 6.45) is 7.77. The van der Waals surface area contributed by atoms with Crippen molar-refractivity contribution in [2.24, 2.45) is 0 Å². The molecular formula is C114H131Cl8N15O13. The van der Waals surface area contributed by atoms with E-state index in [-0.39, 0.29) is 87.3 Å². The number of rotatable bonds is 33. The molecule has 4 aromatic heterocycles. The van der Waals surface area contributed by atoms with Crippen LogP contribution in [0.15, 0.2) is 243 Å². The Hall–Kier alpha value is -10.6. The molecule has 4 aliphatic rings. The average Bonchev–Trinajstić information content (AvgIpc) is 0.792. The molecular weight excluding hydrogens is 2070 g/mol. The third-order valence-corrected chi connectivity index (χ3v) is 29.8. The molecule has 0 unspecified atom stereocenters. The molecule has 8 atom stereocenters. The number of aliphatic hydroxyl groups excluding tert-OH is 5. The monoisotopic (exact) mass is 2200 g/mol. The van der Waals surface area contributed by atoms with E-state index in [9.17, 15) is 60.0 Å². The second-order valence-corrected chi connectivity index (χ2v) is 42.6. The molecule has 0 bridgehead atoms. The molecule has 0 spiro atoms. The van der Waals surface area contributed by atoms with Gasteiger partial charge >= 0.3 is 0 Å². The van der Waals surface area contributed by atoms with E-state index in [0.29, 0.717) is 225 Å². The van der Waals surface area contributed by atoms with Gasteiger partial charge in [0, 0.05) is 235 Å². The number of ketones is 1. The minimum atomic E-state index is -1.14. The molecule has 3 amide bonds. The van der Waals surface area contributed by atoms with E-state index in [0.717, 1.165) is 51.4 Å². The number of aliphatic hydroxyl groups is 9. The fraction of sp³-hybridized carbons (Fsp3) is 0.368. The molecule has 4 fully saturated rings. The van der Waals surface area contributed by atoms with Gasteiger partial charge in [0.25, 0.3) is 17.7 Å². The summed E-state index contributed by atoms with van der Waals surface area (Å²) in [5, 5.41) is 99.1. The highest BCUT2D eigenvalue weighted by molar-refractivity contribution is 6.35. The molecule has 36 heteroatoms. The van der Waals surface area contributed by atoms with Crippen LogP contribution in [0.1, 0.15) is 187 Å². The van der Waals surface area contributed by atoms with Gasteiger partial charge in [-0.1, -0.05) is 179 Å². The normalized spacial score (nSPS) is 17.9. The number of benzene rings is 8. The number of aromatic nitrogens is 4. The van der Waals surface area contributed by atoms with Gasteiger partial charge in [0.15, 0.2) is 5.78 Å². The minimum Gasteiger partial charge on any atom is -0.395 e. The van der Waals surface area contributed by atoms with Gasteiger partial charge in [-0.15, -0.1) is 0 Å². The second kappa shape index (κ2) is 53.3. The Morgan fingerprint density at radius 2 is 0.607 bits per heavy atom. The van der Waals surface area contributed by atoms with E-state index in [1.165, 1.54) is 9.80 Å². The van der Waals surface area contributed by atoms with Gasteiger partial charge in [-0.05, 0) is 202 Å². The van der Waals surface area contributed by atoms with Crippen LogP contribution in [0.2, 0.25) is 40.2 Å². The SMILES string of the molecule is CCC(=O)c1ccc(N2CCN(C[C@@](C)(O)c3ccc(CO)nc3)C[C@H]2c2ccc(Cl)cc2)c(Cl)c1.CCCNC(=O)c1ccc(N2CCN(C[C@@](C)(O)c3ccc(CO)nc3)C[C@H]2c2ccc(Cl)cc2)c(Cl)c1.CN(C)C(=O)c1ccc(N2CCN(C[C@@](C)(O)c3ccc(CO)nc3)C[C@H]2c2ccc(Cl)cc2)c(Cl)c1.CN(CCO)C(=O)c1ccc(N2CCN(C[C@@](C)(O)c3ccc(CO)nc3)C[C@H]2c2ccc(Cl)cc2)c(Cl)c1. The topological polar surface area (TPSA) is 346 Å². The highest BCUT2D eigenvalue weighted by Crippen LogP contribution is 2.44. The summed E-state index contributed by atoms with van der Waals surface area (Å²) in [7, 11) is 5.07. The van der Waals surface area contributed by atoms with Gasteiger partial charge in [0.2, 0.25) is 0 Å². The van der Waals surface area contributed by atoms with Gasteiger partial charge in [0.05, 0.1) is 123 Å². The molecule has 12 aromatic rings. The van der Waals surface area contributed by atoms with Crippen LogP contribution >= 0.6 is 92.8 Å². The van der Waals surface area contributed by atoms with Crippen LogP contribution in [0.25, 0.3) is 0 Å². The number of β-amino-alcohol motifs (C(OH)–C–C–N with tert-alkyl or cyclic N) is 4. The maximum atomic E-state index is 12.7. The molecule has 10 N–H and O–H groups in total. The lowest BCUT2D eigenvalue weighted by Gasteiger charge is -2.45. The first kappa shape index (κ1) is 117. The first-order valence-electron chi connectivity index (χ1n) is 49.8. The molecule has 8 aromatic carbocycles. The number of hydrogen-bond donors (Lipinski definition) is 10. The highest BCUT2D eigenvalue weighted by atomic mass is 35.5. The van der Waals surface area contributed by atoms with Crippen molar-refractivity contribution in [3.63, 3.8) is 0 Å². The van der Waals surface area contributed by atoms with Crippen molar-refractivity contribution in [3.8, 4) is 0 Å². The first-order valence-corrected chi connectivity index (χ1v) is 52.9. The van der Waals surface area contributed by atoms with Crippen molar-refractivity contribution < 1.29 is 65.1 Å². The lowest BCUT2D eigenvalue weighted by molar-refractivity contribution is 0.00962. The van der Waals surface area contributed by atoms with Crippen molar-refractivity contribution in [2.45, 2.75) is 127 Å². The maximum absolute atomic E-state index is 12.7. The van der Waals surface area contributed by atoms with Crippen molar-refractivity contribution >= 4 is 139 Å². The predicted molar refractivity (Wildman–Crippen MR) is 596 cm³/mol. The Bertz CT molecular complexity index is 6500. The van der Waals surface area contributed by atoms with Crippen LogP contribution < -0.4 is 24.9 Å². The van der Waals surface area contributed by atoms with Crippen LogP contribution in [0.4, 0.5) is 22.7 Å². The quantitative estimate of drug-likeness (QED) is 0.0171. The molecule has 16 rings (SSSR count). The number of carbonyl (C=O) groups excluding carboxylic acids is 4. The van der Waals surface area contributed by atoms with Crippen molar-refractivity contribution in [1.29, 1.82) is 0 Å². The number of anilines is 4. The highest BCUT2D eigenvalue weighted by Gasteiger charge is 2.41. The number of nitrogens with zero attached hydrogens (tertiary/aromatic N) is 14. The summed E-state index contributed by atoms with van der Waals surface area (Å²) in [5.74, 6) is -0.383. The molecule has 0 saturated carbocycles. The van der Waals surface area contributed by atoms with Crippen molar-refractivity contribution in [2.75, 3.05) is 165 Å². The molecule has 796 valence electrons. The number of nitrogens with one attached hydrogen (secondary N) is 1. The van der Waals surface area contributed by atoms with Gasteiger partial charge in [-0.25, -0.2) is 0 Å². The summed E-state index contributed by atoms with van der Waals surface area (Å²) < 4.78 is 0. The molecule has 150 heavy (non-hydrogen) atoms. The number of piperazine rings is 4. The maximum Gasteiger partial charge on any atom is 0.253 e. The molecule has 4 aliphatic heterocycles. The zero-order chi connectivity index (χ0) is 108. The number of carbonyl (C=O) groups is 4. The number of pyridine rings is 4. The average molecular weight is 2200 g/mol. The lowest BCUT2D eigenvalue weighted by Crippen LogP contribution is -2.52. The summed E-state index contributed by atoms with van der Waals surface area (Å²) in [6, 6.07) is 66.6. The van der Waals surface area contributed by atoms with E-state index in [1.807, 2.05) is 172 Å². The number of likely N-dealkylation sites (N-methyl/N-ethyl adjacent to an activating group) is 1. The zero-order valence-electron chi connectivity index (χ0n) is 85.5. The second-order valence-electron chi connectivity index (χ2n) is 39.2. The Labute approximate surface area is 917 Å².